The van der Waals surface area contributed by atoms with Crippen LogP contribution in [0.1, 0.15) is 12.8 Å². The topological polar surface area (TPSA) is 105 Å². The van der Waals surface area contributed by atoms with E-state index < -0.39 is 0 Å². The molecule has 1 saturated carbocycles. The molecule has 0 radical (unpaired) electrons. The number of nitrogen functional groups attached to an aromatic ring is 2. The van der Waals surface area contributed by atoms with Gasteiger partial charge in [-0.2, -0.15) is 0 Å². The van der Waals surface area contributed by atoms with Gasteiger partial charge < -0.3 is 16.2 Å². The van der Waals surface area contributed by atoms with Gasteiger partial charge in [-0.05, 0) is 47.4 Å². The second-order valence-corrected chi connectivity index (χ2v) is 5.09. The first-order valence-corrected chi connectivity index (χ1v) is 6.73. The molecule has 3 rings (SSSR count). The highest BCUT2D eigenvalue weighted by atomic mass is 16.5. The van der Waals surface area contributed by atoms with Crippen molar-refractivity contribution in [3.8, 4) is 11.4 Å². The zero-order valence-electron chi connectivity index (χ0n) is 11.2. The van der Waals surface area contributed by atoms with Gasteiger partial charge in [0.1, 0.15) is 0 Å². The third kappa shape index (κ3) is 2.88. The fraction of sp³-hybridized carbons (Fsp3) is 0.462. The summed E-state index contributed by atoms with van der Waals surface area (Å²) in [6.07, 6.45) is 2.58. The van der Waals surface area contributed by atoms with Crippen molar-refractivity contribution in [2.75, 3.05) is 24.7 Å². The molecule has 0 atom stereocenters. The normalized spacial score (nSPS) is 14.6. The molecule has 0 amide bonds. The van der Waals surface area contributed by atoms with E-state index >= 15 is 0 Å². The highest BCUT2D eigenvalue weighted by molar-refractivity contribution is 5.74. The van der Waals surface area contributed by atoms with Crippen molar-refractivity contribution in [1.82, 2.24) is 20.2 Å². The summed E-state index contributed by atoms with van der Waals surface area (Å²) in [4.78, 5) is 0. The summed E-state index contributed by atoms with van der Waals surface area (Å²) in [5.74, 6) is 1.40. The lowest BCUT2D eigenvalue weighted by Gasteiger charge is -2.08. The van der Waals surface area contributed by atoms with Gasteiger partial charge >= 0.3 is 0 Å². The zero-order valence-corrected chi connectivity index (χ0v) is 11.2. The van der Waals surface area contributed by atoms with E-state index in [1.807, 2.05) is 6.07 Å². The first-order chi connectivity index (χ1) is 9.74. The fourth-order valence-corrected chi connectivity index (χ4v) is 2.02. The quantitative estimate of drug-likeness (QED) is 0.599. The van der Waals surface area contributed by atoms with Gasteiger partial charge in [-0.25, -0.2) is 4.68 Å². The third-order valence-corrected chi connectivity index (χ3v) is 3.35. The number of tetrazole rings is 1. The summed E-state index contributed by atoms with van der Waals surface area (Å²) in [6.45, 7) is 2.05. The minimum atomic E-state index is 0.569. The van der Waals surface area contributed by atoms with Gasteiger partial charge in [0.05, 0.1) is 13.2 Å². The largest absolute Gasteiger partial charge is 0.399 e. The Kier molecular flexibility index (Phi) is 3.51. The van der Waals surface area contributed by atoms with Crippen LogP contribution in [-0.4, -0.2) is 33.4 Å². The first kappa shape index (κ1) is 12.9. The van der Waals surface area contributed by atoms with E-state index in [9.17, 15) is 0 Å². The summed E-state index contributed by atoms with van der Waals surface area (Å²) < 4.78 is 7.31. The van der Waals surface area contributed by atoms with Gasteiger partial charge in [0.25, 0.3) is 0 Å². The van der Waals surface area contributed by atoms with Gasteiger partial charge in [0.2, 0.25) is 0 Å². The van der Waals surface area contributed by atoms with Crippen molar-refractivity contribution in [1.29, 1.82) is 0 Å². The van der Waals surface area contributed by atoms with Crippen molar-refractivity contribution >= 4 is 11.4 Å². The molecule has 0 unspecified atom stereocenters. The van der Waals surface area contributed by atoms with Crippen molar-refractivity contribution in [3.05, 3.63) is 18.2 Å². The first-order valence-electron chi connectivity index (χ1n) is 6.73. The number of nitrogens with zero attached hydrogens (tertiary/aromatic N) is 4. The van der Waals surface area contributed by atoms with Gasteiger partial charge in [0.15, 0.2) is 5.82 Å². The number of aromatic nitrogens is 4. The Labute approximate surface area is 116 Å². The smallest absolute Gasteiger partial charge is 0.184 e. The average Bonchev–Trinajstić information content (AvgIpc) is 3.13. The Hall–Kier alpha value is -2.15. The van der Waals surface area contributed by atoms with E-state index in [2.05, 4.69) is 15.5 Å². The van der Waals surface area contributed by atoms with Crippen LogP contribution in [0.4, 0.5) is 11.4 Å². The lowest BCUT2D eigenvalue weighted by atomic mass is 10.1. The molecule has 1 aromatic carbocycles. The molecule has 1 aliphatic rings. The minimum Gasteiger partial charge on any atom is -0.399 e. The zero-order chi connectivity index (χ0) is 13.9. The summed E-state index contributed by atoms with van der Waals surface area (Å²) in [7, 11) is 0. The van der Waals surface area contributed by atoms with Crippen LogP contribution in [0.3, 0.4) is 0 Å². The molecule has 7 heteroatoms. The molecule has 0 bridgehead atoms. The average molecular weight is 274 g/mol. The molecule has 20 heavy (non-hydrogen) atoms. The predicted molar refractivity (Wildman–Crippen MR) is 75.6 cm³/mol. The van der Waals surface area contributed by atoms with Gasteiger partial charge in [-0.3, -0.25) is 0 Å². The van der Waals surface area contributed by atoms with Crippen LogP contribution >= 0.6 is 0 Å². The Morgan fingerprint density at radius 2 is 2.15 bits per heavy atom. The Balaban J connectivity index is 1.68. The molecule has 1 heterocycles. The maximum Gasteiger partial charge on any atom is 0.184 e. The van der Waals surface area contributed by atoms with E-state index in [-0.39, 0.29) is 0 Å². The second kappa shape index (κ2) is 5.46. The maximum absolute atomic E-state index is 5.96. The van der Waals surface area contributed by atoms with Crippen LogP contribution in [-0.2, 0) is 11.3 Å². The van der Waals surface area contributed by atoms with Crippen molar-refractivity contribution in [3.63, 3.8) is 0 Å². The Bertz CT molecular complexity index is 592. The van der Waals surface area contributed by atoms with Gasteiger partial charge in [-0.15, -0.1) is 5.10 Å². The maximum atomic E-state index is 5.96. The lowest BCUT2D eigenvalue weighted by Crippen LogP contribution is -2.11. The standard InChI is InChI=1S/C13H18N6O/c14-10-3-4-11(12(15)7-10)13-16-17-18-19(13)5-6-20-8-9-1-2-9/h3-4,7,9H,1-2,5-6,8,14-15H2. The van der Waals surface area contributed by atoms with Gasteiger partial charge in [0, 0.05) is 23.5 Å². The van der Waals surface area contributed by atoms with E-state index in [1.54, 1.807) is 16.8 Å². The number of anilines is 2. The van der Waals surface area contributed by atoms with E-state index in [0.717, 1.165) is 18.1 Å². The molecule has 1 fully saturated rings. The number of nitrogens with two attached hydrogens (primary N) is 2. The van der Waals surface area contributed by atoms with E-state index in [1.165, 1.54) is 12.8 Å². The highest BCUT2D eigenvalue weighted by Crippen LogP contribution is 2.29. The van der Waals surface area contributed by atoms with E-state index in [0.29, 0.717) is 30.4 Å². The molecule has 0 spiro atoms. The van der Waals surface area contributed by atoms with Crippen molar-refractivity contribution in [2.24, 2.45) is 5.92 Å². The van der Waals surface area contributed by atoms with Crippen LogP contribution in [0, 0.1) is 5.92 Å². The van der Waals surface area contributed by atoms with Crippen molar-refractivity contribution < 1.29 is 4.74 Å². The number of benzene rings is 1. The number of rotatable bonds is 6. The molecule has 0 aliphatic heterocycles. The summed E-state index contributed by atoms with van der Waals surface area (Å²) in [5, 5.41) is 11.7. The number of hydrogen-bond acceptors (Lipinski definition) is 6. The molecule has 1 aromatic heterocycles. The number of hydrogen-bond donors (Lipinski definition) is 2. The van der Waals surface area contributed by atoms with Gasteiger partial charge in [-0.1, -0.05) is 0 Å². The Morgan fingerprint density at radius 3 is 2.90 bits per heavy atom. The summed E-state index contributed by atoms with van der Waals surface area (Å²) >= 11 is 0. The highest BCUT2D eigenvalue weighted by Gasteiger charge is 2.21. The van der Waals surface area contributed by atoms with Crippen LogP contribution in [0.25, 0.3) is 11.4 Å². The van der Waals surface area contributed by atoms with Crippen LogP contribution in [0.2, 0.25) is 0 Å². The molecular weight excluding hydrogens is 256 g/mol. The van der Waals surface area contributed by atoms with Crippen LogP contribution in [0.15, 0.2) is 18.2 Å². The van der Waals surface area contributed by atoms with Crippen LogP contribution < -0.4 is 11.5 Å². The SMILES string of the molecule is Nc1ccc(-c2nnnn2CCOCC2CC2)c(N)c1. The predicted octanol–water partition coefficient (Wildman–Crippen LogP) is 0.931. The van der Waals surface area contributed by atoms with E-state index in [4.69, 9.17) is 16.2 Å². The molecule has 0 saturated heterocycles. The Morgan fingerprint density at radius 1 is 1.30 bits per heavy atom. The lowest BCUT2D eigenvalue weighted by molar-refractivity contribution is 0.114. The summed E-state index contributed by atoms with van der Waals surface area (Å²) in [5.41, 5.74) is 13.6. The molecule has 1 aliphatic carbocycles. The molecule has 7 nitrogen and oxygen atoms in total. The number of ether oxygens (including phenoxy) is 1. The molecular formula is C13H18N6O. The minimum absolute atomic E-state index is 0.569. The van der Waals surface area contributed by atoms with Crippen LogP contribution in [0.5, 0.6) is 0 Å². The molecule has 4 N–H and O–H groups in total. The molecule has 106 valence electrons. The summed E-state index contributed by atoms with van der Waals surface area (Å²) in [6, 6.07) is 5.32. The monoisotopic (exact) mass is 274 g/mol. The second-order valence-electron chi connectivity index (χ2n) is 5.09. The third-order valence-electron chi connectivity index (χ3n) is 3.35. The fourth-order valence-electron chi connectivity index (χ4n) is 2.02. The van der Waals surface area contributed by atoms with Crippen molar-refractivity contribution in [2.45, 2.75) is 19.4 Å². The molecule has 2 aromatic rings.